The summed E-state index contributed by atoms with van der Waals surface area (Å²) >= 11 is 0.961. The molecule has 2 aromatic rings. The smallest absolute Gasteiger partial charge is 0.303 e. The fourth-order valence-electron chi connectivity index (χ4n) is 1.64. The Bertz CT molecular complexity index is 608. The highest BCUT2D eigenvalue weighted by molar-refractivity contribution is 7.99. The summed E-state index contributed by atoms with van der Waals surface area (Å²) in [6.45, 7) is 5.66. The van der Waals surface area contributed by atoms with E-state index in [1.807, 2.05) is 18.4 Å². The van der Waals surface area contributed by atoms with Crippen molar-refractivity contribution in [3.05, 3.63) is 23.8 Å². The Morgan fingerprint density at radius 3 is 2.55 bits per heavy atom. The van der Waals surface area contributed by atoms with Gasteiger partial charge in [-0.25, -0.2) is 9.97 Å². The zero-order chi connectivity index (χ0) is 14.9. The summed E-state index contributed by atoms with van der Waals surface area (Å²) in [7, 11) is 0. The van der Waals surface area contributed by atoms with Gasteiger partial charge in [0.15, 0.2) is 10.3 Å². The lowest BCUT2D eigenvalue weighted by atomic mass is 10.4. The zero-order valence-electron chi connectivity index (χ0n) is 11.0. The zero-order valence-corrected chi connectivity index (χ0v) is 11.8. The van der Waals surface area contributed by atoms with E-state index in [0.717, 1.165) is 24.0 Å². The van der Waals surface area contributed by atoms with Crippen LogP contribution in [0.25, 0.3) is 0 Å². The molecule has 0 aliphatic carbocycles. The molecule has 0 radical (unpaired) electrons. The Balaban J connectivity index is 2.31. The van der Waals surface area contributed by atoms with Crippen LogP contribution in [0.1, 0.15) is 31.4 Å². The quantitative estimate of drug-likeness (QED) is 0.815. The lowest BCUT2D eigenvalue weighted by Gasteiger charge is -2.11. The van der Waals surface area contributed by atoms with E-state index in [2.05, 4.69) is 20.2 Å². The molecule has 2 aromatic heterocycles. The van der Waals surface area contributed by atoms with Gasteiger partial charge in [0.25, 0.3) is 0 Å². The standard InChI is InChI=1S/C11H12F3N5S/c1-6(2)19-7(3)17-18-10(19)20-9-15-5-4-8(16-9)11(12,13)14/h4-6H,1-3H3. The molecule has 2 rings (SSSR count). The van der Waals surface area contributed by atoms with Gasteiger partial charge in [-0.1, -0.05) is 0 Å². The highest BCUT2D eigenvalue weighted by atomic mass is 32.2. The van der Waals surface area contributed by atoms with Gasteiger partial charge < -0.3 is 4.57 Å². The van der Waals surface area contributed by atoms with Crippen molar-refractivity contribution in [2.45, 2.75) is 43.3 Å². The second-order valence-electron chi connectivity index (χ2n) is 4.32. The third-order valence-electron chi connectivity index (χ3n) is 2.46. The minimum atomic E-state index is -4.49. The first-order chi connectivity index (χ1) is 9.29. The summed E-state index contributed by atoms with van der Waals surface area (Å²) in [5.74, 6) is 0.689. The highest BCUT2D eigenvalue weighted by Crippen LogP contribution is 2.30. The van der Waals surface area contributed by atoms with E-state index in [0.29, 0.717) is 11.0 Å². The molecule has 5 nitrogen and oxygen atoms in total. The van der Waals surface area contributed by atoms with Crippen LogP contribution in [0.2, 0.25) is 0 Å². The Kier molecular flexibility index (Phi) is 3.98. The predicted molar refractivity (Wildman–Crippen MR) is 66.3 cm³/mol. The number of rotatable bonds is 3. The van der Waals surface area contributed by atoms with E-state index in [-0.39, 0.29) is 11.2 Å². The van der Waals surface area contributed by atoms with Gasteiger partial charge in [-0.05, 0) is 38.6 Å². The van der Waals surface area contributed by atoms with Crippen LogP contribution in [-0.4, -0.2) is 24.7 Å². The summed E-state index contributed by atoms with van der Waals surface area (Å²) in [6, 6.07) is 0.931. The number of alkyl halides is 3. The molecule has 0 amide bonds. The summed E-state index contributed by atoms with van der Waals surface area (Å²) in [5, 5.41) is 8.32. The lowest BCUT2D eigenvalue weighted by Crippen LogP contribution is -2.09. The fourth-order valence-corrected chi connectivity index (χ4v) is 2.59. The van der Waals surface area contributed by atoms with Gasteiger partial charge in [0.1, 0.15) is 11.5 Å². The molecule has 0 aliphatic heterocycles. The number of nitrogens with zero attached hydrogens (tertiary/aromatic N) is 5. The van der Waals surface area contributed by atoms with E-state index in [9.17, 15) is 13.2 Å². The molecule has 0 unspecified atom stereocenters. The van der Waals surface area contributed by atoms with Crippen LogP contribution in [0.5, 0.6) is 0 Å². The van der Waals surface area contributed by atoms with E-state index in [1.54, 1.807) is 6.92 Å². The topological polar surface area (TPSA) is 56.5 Å². The molecule has 0 saturated carbocycles. The van der Waals surface area contributed by atoms with E-state index < -0.39 is 11.9 Å². The lowest BCUT2D eigenvalue weighted by molar-refractivity contribution is -0.141. The van der Waals surface area contributed by atoms with Crippen LogP contribution in [-0.2, 0) is 6.18 Å². The molecule has 0 aromatic carbocycles. The third-order valence-corrected chi connectivity index (χ3v) is 3.30. The molecule has 108 valence electrons. The summed E-state index contributed by atoms with van der Waals surface area (Å²) in [5.41, 5.74) is -0.970. The van der Waals surface area contributed by atoms with Crippen molar-refractivity contribution in [2.24, 2.45) is 0 Å². The Hall–Kier alpha value is -1.64. The molecule has 20 heavy (non-hydrogen) atoms. The van der Waals surface area contributed by atoms with Crippen LogP contribution in [0, 0.1) is 6.92 Å². The number of aromatic nitrogens is 5. The van der Waals surface area contributed by atoms with Crippen LogP contribution in [0.4, 0.5) is 13.2 Å². The number of aryl methyl sites for hydroxylation is 1. The van der Waals surface area contributed by atoms with E-state index in [4.69, 9.17) is 0 Å². The SMILES string of the molecule is Cc1nnc(Sc2nccc(C(F)(F)F)n2)n1C(C)C. The van der Waals surface area contributed by atoms with Crippen molar-refractivity contribution in [1.82, 2.24) is 24.7 Å². The molecule has 2 heterocycles. The Morgan fingerprint density at radius 1 is 1.25 bits per heavy atom. The van der Waals surface area contributed by atoms with Gasteiger partial charge in [0, 0.05) is 12.2 Å². The maximum atomic E-state index is 12.6. The largest absolute Gasteiger partial charge is 0.433 e. The number of hydrogen-bond acceptors (Lipinski definition) is 5. The minimum Gasteiger partial charge on any atom is -0.303 e. The van der Waals surface area contributed by atoms with Gasteiger partial charge >= 0.3 is 6.18 Å². The molecule has 0 bridgehead atoms. The van der Waals surface area contributed by atoms with Crippen molar-refractivity contribution < 1.29 is 13.2 Å². The normalized spacial score (nSPS) is 12.2. The van der Waals surface area contributed by atoms with Crippen molar-refractivity contribution >= 4 is 11.8 Å². The predicted octanol–water partition coefficient (Wildman–Crippen LogP) is 3.13. The Morgan fingerprint density at radius 2 is 1.95 bits per heavy atom. The average molecular weight is 303 g/mol. The maximum absolute atomic E-state index is 12.6. The van der Waals surface area contributed by atoms with Crippen molar-refractivity contribution in [3.8, 4) is 0 Å². The van der Waals surface area contributed by atoms with E-state index in [1.165, 1.54) is 0 Å². The molecule has 0 N–H and O–H groups in total. The maximum Gasteiger partial charge on any atom is 0.433 e. The molecule has 9 heteroatoms. The summed E-state index contributed by atoms with van der Waals surface area (Å²) in [4.78, 5) is 7.32. The molecule has 0 aliphatic rings. The van der Waals surface area contributed by atoms with Crippen LogP contribution >= 0.6 is 11.8 Å². The molecule has 0 saturated heterocycles. The fraction of sp³-hybridized carbons (Fsp3) is 0.455. The second-order valence-corrected chi connectivity index (χ2v) is 5.25. The molecular formula is C11H12F3N5S. The average Bonchev–Trinajstić information content (AvgIpc) is 2.69. The molecule has 0 spiro atoms. The molecule has 0 atom stereocenters. The van der Waals surface area contributed by atoms with Gasteiger partial charge in [-0.15, -0.1) is 10.2 Å². The van der Waals surface area contributed by atoms with Gasteiger partial charge in [0.05, 0.1) is 0 Å². The van der Waals surface area contributed by atoms with Gasteiger partial charge in [0.2, 0.25) is 0 Å². The number of hydrogen-bond donors (Lipinski definition) is 0. The van der Waals surface area contributed by atoms with Gasteiger partial charge in [-0.2, -0.15) is 13.2 Å². The molecular weight excluding hydrogens is 291 g/mol. The van der Waals surface area contributed by atoms with Crippen LogP contribution in [0.3, 0.4) is 0 Å². The summed E-state index contributed by atoms with van der Waals surface area (Å²) < 4.78 is 39.6. The first-order valence-corrected chi connectivity index (χ1v) is 6.60. The van der Waals surface area contributed by atoms with Crippen molar-refractivity contribution in [1.29, 1.82) is 0 Å². The van der Waals surface area contributed by atoms with Crippen molar-refractivity contribution in [3.63, 3.8) is 0 Å². The minimum absolute atomic E-state index is 0.00544. The molecule has 0 fully saturated rings. The van der Waals surface area contributed by atoms with E-state index >= 15 is 0 Å². The first-order valence-electron chi connectivity index (χ1n) is 5.78. The van der Waals surface area contributed by atoms with Crippen molar-refractivity contribution in [2.75, 3.05) is 0 Å². The Labute approximate surface area is 117 Å². The first kappa shape index (κ1) is 14.8. The van der Waals surface area contributed by atoms with Gasteiger partial charge in [-0.3, -0.25) is 0 Å². The summed E-state index contributed by atoms with van der Waals surface area (Å²) in [6.07, 6.45) is -3.40. The van der Waals surface area contributed by atoms with Crippen LogP contribution in [0.15, 0.2) is 22.6 Å². The monoisotopic (exact) mass is 303 g/mol. The highest BCUT2D eigenvalue weighted by Gasteiger charge is 2.33. The second kappa shape index (κ2) is 5.39. The number of halogens is 3. The third kappa shape index (κ3) is 3.09. The van der Waals surface area contributed by atoms with Crippen LogP contribution < -0.4 is 0 Å².